The number of amides is 1. The lowest BCUT2D eigenvalue weighted by atomic mass is 10.0. The topological polar surface area (TPSA) is 54.9 Å². The van der Waals surface area contributed by atoms with Crippen LogP contribution in [-0.2, 0) is 12.8 Å². The predicted molar refractivity (Wildman–Crippen MR) is 76.3 cm³/mol. The Bertz CT molecular complexity index is 573. The number of hydrogen-bond donors (Lipinski definition) is 1. The van der Waals surface area contributed by atoms with Gasteiger partial charge in [-0.05, 0) is 36.3 Å². The molecule has 0 atom stereocenters. The fourth-order valence-corrected chi connectivity index (χ4v) is 2.75. The van der Waals surface area contributed by atoms with Gasteiger partial charge in [-0.2, -0.15) is 0 Å². The van der Waals surface area contributed by atoms with E-state index >= 15 is 0 Å². The standard InChI is InChI=1S/C16H17N3O/c20-16(15-11-17-7-8-18-15)19-6-5-12-9-13-3-1-2-4-14(13)10-12/h1-4,7-8,11-12H,5-6,9-10H2,(H,19,20). The van der Waals surface area contributed by atoms with Gasteiger partial charge in [0.15, 0.2) is 0 Å². The summed E-state index contributed by atoms with van der Waals surface area (Å²) in [6.45, 7) is 0.689. The van der Waals surface area contributed by atoms with Crippen molar-refractivity contribution in [2.75, 3.05) is 6.54 Å². The largest absolute Gasteiger partial charge is 0.351 e. The molecule has 1 N–H and O–H groups in total. The van der Waals surface area contributed by atoms with Crippen LogP contribution < -0.4 is 5.32 Å². The lowest BCUT2D eigenvalue weighted by molar-refractivity contribution is 0.0946. The molecule has 0 spiro atoms. The zero-order valence-electron chi connectivity index (χ0n) is 11.2. The lowest BCUT2D eigenvalue weighted by Crippen LogP contribution is -2.27. The van der Waals surface area contributed by atoms with Gasteiger partial charge in [-0.25, -0.2) is 4.98 Å². The van der Waals surface area contributed by atoms with Gasteiger partial charge >= 0.3 is 0 Å². The summed E-state index contributed by atoms with van der Waals surface area (Å²) in [7, 11) is 0. The summed E-state index contributed by atoms with van der Waals surface area (Å²) >= 11 is 0. The van der Waals surface area contributed by atoms with Crippen molar-refractivity contribution in [3.8, 4) is 0 Å². The van der Waals surface area contributed by atoms with E-state index in [9.17, 15) is 4.79 Å². The van der Waals surface area contributed by atoms with Gasteiger partial charge < -0.3 is 5.32 Å². The third-order valence-corrected chi connectivity index (χ3v) is 3.77. The highest BCUT2D eigenvalue weighted by Crippen LogP contribution is 2.28. The van der Waals surface area contributed by atoms with E-state index < -0.39 is 0 Å². The molecule has 3 rings (SSSR count). The third-order valence-electron chi connectivity index (χ3n) is 3.77. The highest BCUT2D eigenvalue weighted by Gasteiger charge is 2.20. The predicted octanol–water partition coefficient (Wildman–Crippen LogP) is 2.01. The number of fused-ring (bicyclic) bond motifs is 1. The fraction of sp³-hybridized carbons (Fsp3) is 0.312. The van der Waals surface area contributed by atoms with Crippen LogP contribution in [0.15, 0.2) is 42.9 Å². The number of carbonyl (C=O) groups is 1. The van der Waals surface area contributed by atoms with Gasteiger partial charge in [0, 0.05) is 18.9 Å². The maximum absolute atomic E-state index is 11.8. The molecule has 0 aliphatic heterocycles. The van der Waals surface area contributed by atoms with Gasteiger partial charge in [0.25, 0.3) is 5.91 Å². The molecule has 1 aliphatic carbocycles. The SMILES string of the molecule is O=C(NCCC1Cc2ccccc2C1)c1cnccn1. The van der Waals surface area contributed by atoms with E-state index in [1.807, 2.05) is 0 Å². The molecule has 0 bridgehead atoms. The van der Waals surface area contributed by atoms with Crippen LogP contribution in [-0.4, -0.2) is 22.4 Å². The number of hydrogen-bond acceptors (Lipinski definition) is 3. The fourth-order valence-electron chi connectivity index (χ4n) is 2.75. The molecule has 0 fully saturated rings. The van der Waals surface area contributed by atoms with E-state index in [1.165, 1.54) is 23.5 Å². The minimum atomic E-state index is -0.145. The summed E-state index contributed by atoms with van der Waals surface area (Å²) in [5, 5.41) is 2.91. The quantitative estimate of drug-likeness (QED) is 0.922. The Morgan fingerprint density at radius 3 is 2.60 bits per heavy atom. The summed E-state index contributed by atoms with van der Waals surface area (Å²) in [5.74, 6) is 0.489. The Kier molecular flexibility index (Phi) is 3.72. The maximum Gasteiger partial charge on any atom is 0.271 e. The van der Waals surface area contributed by atoms with Crippen molar-refractivity contribution in [1.29, 1.82) is 0 Å². The average molecular weight is 267 g/mol. The molecule has 4 heteroatoms. The van der Waals surface area contributed by atoms with Crippen LogP contribution in [0.5, 0.6) is 0 Å². The monoisotopic (exact) mass is 267 g/mol. The number of carbonyl (C=O) groups excluding carboxylic acids is 1. The highest BCUT2D eigenvalue weighted by molar-refractivity contribution is 5.91. The first-order chi connectivity index (χ1) is 9.83. The normalized spacial score (nSPS) is 14.0. The average Bonchev–Trinajstić information content (AvgIpc) is 2.90. The van der Waals surface area contributed by atoms with Crippen molar-refractivity contribution >= 4 is 5.91 Å². The van der Waals surface area contributed by atoms with Crippen LogP contribution in [0.3, 0.4) is 0 Å². The first-order valence-corrected chi connectivity index (χ1v) is 6.94. The Labute approximate surface area is 118 Å². The van der Waals surface area contributed by atoms with E-state index in [1.54, 1.807) is 6.20 Å². The van der Waals surface area contributed by atoms with Gasteiger partial charge in [0.2, 0.25) is 0 Å². The maximum atomic E-state index is 11.8. The molecule has 1 aromatic heterocycles. The van der Waals surface area contributed by atoms with Crippen molar-refractivity contribution in [1.82, 2.24) is 15.3 Å². The van der Waals surface area contributed by atoms with Gasteiger partial charge in [-0.3, -0.25) is 9.78 Å². The van der Waals surface area contributed by atoms with Crippen molar-refractivity contribution in [3.05, 3.63) is 59.7 Å². The number of nitrogens with one attached hydrogen (secondary N) is 1. The van der Waals surface area contributed by atoms with Crippen LogP contribution in [0.4, 0.5) is 0 Å². The number of rotatable bonds is 4. The van der Waals surface area contributed by atoms with Crippen molar-refractivity contribution in [3.63, 3.8) is 0 Å². The van der Waals surface area contributed by atoms with E-state index in [2.05, 4.69) is 39.6 Å². The van der Waals surface area contributed by atoms with Crippen LogP contribution in [0.2, 0.25) is 0 Å². The Hall–Kier alpha value is -2.23. The second kappa shape index (κ2) is 5.82. The summed E-state index contributed by atoms with van der Waals surface area (Å²) < 4.78 is 0. The molecule has 1 aromatic carbocycles. The molecular formula is C16H17N3O. The molecule has 0 radical (unpaired) electrons. The van der Waals surface area contributed by atoms with Crippen LogP contribution in [0.25, 0.3) is 0 Å². The summed E-state index contributed by atoms with van der Waals surface area (Å²) in [6.07, 6.45) is 7.82. The lowest BCUT2D eigenvalue weighted by Gasteiger charge is -2.09. The summed E-state index contributed by atoms with van der Waals surface area (Å²) in [4.78, 5) is 19.7. The van der Waals surface area contributed by atoms with Gasteiger partial charge in [-0.15, -0.1) is 0 Å². The zero-order valence-corrected chi connectivity index (χ0v) is 11.2. The first-order valence-electron chi connectivity index (χ1n) is 6.94. The molecule has 2 aromatic rings. The molecule has 1 heterocycles. The molecular weight excluding hydrogens is 250 g/mol. The smallest absolute Gasteiger partial charge is 0.271 e. The minimum Gasteiger partial charge on any atom is -0.351 e. The van der Waals surface area contributed by atoms with Gasteiger partial charge in [0.05, 0.1) is 6.20 Å². The first kappa shape index (κ1) is 12.8. The van der Waals surface area contributed by atoms with Crippen LogP contribution in [0.1, 0.15) is 28.0 Å². The third kappa shape index (κ3) is 2.85. The van der Waals surface area contributed by atoms with Crippen LogP contribution >= 0.6 is 0 Å². The Morgan fingerprint density at radius 2 is 1.95 bits per heavy atom. The zero-order chi connectivity index (χ0) is 13.8. The molecule has 0 unspecified atom stereocenters. The highest BCUT2D eigenvalue weighted by atomic mass is 16.1. The molecule has 102 valence electrons. The van der Waals surface area contributed by atoms with E-state index in [4.69, 9.17) is 0 Å². The number of aromatic nitrogens is 2. The van der Waals surface area contributed by atoms with Gasteiger partial charge in [0.1, 0.15) is 5.69 Å². The second-order valence-corrected chi connectivity index (χ2v) is 5.18. The second-order valence-electron chi connectivity index (χ2n) is 5.18. The summed E-state index contributed by atoms with van der Waals surface area (Å²) in [5.41, 5.74) is 3.29. The summed E-state index contributed by atoms with van der Waals surface area (Å²) in [6, 6.07) is 8.59. The molecule has 0 saturated carbocycles. The molecule has 4 nitrogen and oxygen atoms in total. The number of benzene rings is 1. The van der Waals surface area contributed by atoms with Gasteiger partial charge in [-0.1, -0.05) is 24.3 Å². The van der Waals surface area contributed by atoms with E-state index in [0.29, 0.717) is 18.2 Å². The molecule has 20 heavy (non-hydrogen) atoms. The molecule has 1 aliphatic rings. The van der Waals surface area contributed by atoms with Crippen molar-refractivity contribution in [2.45, 2.75) is 19.3 Å². The Morgan fingerprint density at radius 1 is 1.20 bits per heavy atom. The van der Waals surface area contributed by atoms with Crippen LogP contribution in [0, 0.1) is 5.92 Å². The Balaban J connectivity index is 1.47. The minimum absolute atomic E-state index is 0.145. The van der Waals surface area contributed by atoms with Crippen molar-refractivity contribution in [2.24, 2.45) is 5.92 Å². The number of nitrogens with zero attached hydrogens (tertiary/aromatic N) is 2. The molecule has 0 saturated heterocycles. The van der Waals surface area contributed by atoms with E-state index in [-0.39, 0.29) is 5.91 Å². The van der Waals surface area contributed by atoms with E-state index in [0.717, 1.165) is 19.3 Å². The molecule has 1 amide bonds. The van der Waals surface area contributed by atoms with Crippen molar-refractivity contribution < 1.29 is 4.79 Å².